The van der Waals surface area contributed by atoms with Crippen molar-refractivity contribution in [3.8, 4) is 0 Å². The zero-order chi connectivity index (χ0) is 9.68. The molecule has 0 bridgehead atoms. The van der Waals surface area contributed by atoms with E-state index in [9.17, 15) is 0 Å². The molecule has 0 radical (unpaired) electrons. The number of aliphatic hydroxyl groups excluding tert-OH is 1. The lowest BCUT2D eigenvalue weighted by atomic mass is 10.1. The normalized spacial score (nSPS) is 11.3. The Hall–Kier alpha value is -1.15. The highest BCUT2D eigenvalue weighted by Crippen LogP contribution is 2.03. The molecule has 1 N–H and O–H groups in total. The van der Waals surface area contributed by atoms with E-state index >= 15 is 0 Å². The predicted octanol–water partition coefficient (Wildman–Crippen LogP) is 3.06. The standard InChI is InChI=1S/C11H12OS/c1-9(11(12)13)7-8-10-5-3-2-4-6-10/h2-7H,8H2,1H3,(H,12,13). The van der Waals surface area contributed by atoms with Gasteiger partial charge in [0.2, 0.25) is 0 Å². The number of rotatable bonds is 3. The Bertz CT molecular complexity index is 314. The third-order valence-corrected chi connectivity index (χ3v) is 2.15. The third kappa shape index (κ3) is 3.38. The molecule has 68 valence electrons. The number of thiocarbonyl (C=S) groups is 1. The van der Waals surface area contributed by atoms with Crippen LogP contribution in [0, 0.1) is 0 Å². The van der Waals surface area contributed by atoms with Crippen molar-refractivity contribution >= 4 is 17.3 Å². The molecule has 0 aliphatic carbocycles. The molecule has 0 saturated heterocycles. The molecule has 1 rings (SSSR count). The van der Waals surface area contributed by atoms with E-state index in [1.165, 1.54) is 5.56 Å². The van der Waals surface area contributed by atoms with Gasteiger partial charge in [0.15, 0.2) is 5.05 Å². The second-order valence-electron chi connectivity index (χ2n) is 2.88. The molecular formula is C11H12OS. The zero-order valence-electron chi connectivity index (χ0n) is 7.53. The lowest BCUT2D eigenvalue weighted by molar-refractivity contribution is 0.569. The number of aliphatic hydroxyl groups is 1. The van der Waals surface area contributed by atoms with Crippen molar-refractivity contribution in [2.75, 3.05) is 0 Å². The van der Waals surface area contributed by atoms with Gasteiger partial charge >= 0.3 is 0 Å². The summed E-state index contributed by atoms with van der Waals surface area (Å²) in [7, 11) is 0. The Morgan fingerprint density at radius 1 is 1.38 bits per heavy atom. The summed E-state index contributed by atoms with van der Waals surface area (Å²) in [5, 5.41) is 8.94. The third-order valence-electron chi connectivity index (χ3n) is 1.82. The Labute approximate surface area is 83.7 Å². The van der Waals surface area contributed by atoms with E-state index in [0.717, 1.165) is 12.0 Å². The maximum Gasteiger partial charge on any atom is 0.183 e. The smallest absolute Gasteiger partial charge is 0.183 e. The molecule has 0 aliphatic rings. The zero-order valence-corrected chi connectivity index (χ0v) is 8.34. The Balaban J connectivity index is 2.62. The van der Waals surface area contributed by atoms with Crippen molar-refractivity contribution in [2.45, 2.75) is 13.3 Å². The topological polar surface area (TPSA) is 20.2 Å². The minimum Gasteiger partial charge on any atom is -0.499 e. The first-order chi connectivity index (χ1) is 6.20. The van der Waals surface area contributed by atoms with Crippen molar-refractivity contribution in [1.82, 2.24) is 0 Å². The molecule has 1 aromatic carbocycles. The first kappa shape index (κ1) is 9.93. The van der Waals surface area contributed by atoms with Gasteiger partial charge in [-0.25, -0.2) is 0 Å². The average Bonchev–Trinajstić information content (AvgIpc) is 2.15. The highest BCUT2D eigenvalue weighted by molar-refractivity contribution is 7.80. The minimum absolute atomic E-state index is 0.0177. The van der Waals surface area contributed by atoms with E-state index in [1.807, 2.05) is 43.3 Å². The maximum atomic E-state index is 8.96. The molecule has 0 aliphatic heterocycles. The average molecular weight is 192 g/mol. The van der Waals surface area contributed by atoms with Crippen LogP contribution >= 0.6 is 12.2 Å². The van der Waals surface area contributed by atoms with Gasteiger partial charge in [0.25, 0.3) is 0 Å². The molecule has 0 amide bonds. The SMILES string of the molecule is CC(=CCc1ccccc1)C(O)=S. The number of allylic oxidation sites excluding steroid dienone is 1. The summed E-state index contributed by atoms with van der Waals surface area (Å²) >= 11 is 4.62. The fraction of sp³-hybridized carbons (Fsp3) is 0.182. The molecule has 0 fully saturated rings. The molecule has 0 saturated carbocycles. The number of hydrogen-bond donors (Lipinski definition) is 1. The van der Waals surface area contributed by atoms with Crippen LogP contribution in [0.25, 0.3) is 0 Å². The summed E-state index contributed by atoms with van der Waals surface area (Å²) in [6, 6.07) is 10.1. The molecule has 0 unspecified atom stereocenters. The predicted molar refractivity (Wildman–Crippen MR) is 59.1 cm³/mol. The van der Waals surface area contributed by atoms with Crippen molar-refractivity contribution in [2.24, 2.45) is 0 Å². The van der Waals surface area contributed by atoms with E-state index in [4.69, 9.17) is 5.11 Å². The first-order valence-corrected chi connectivity index (χ1v) is 4.55. The fourth-order valence-electron chi connectivity index (χ4n) is 0.972. The summed E-state index contributed by atoms with van der Waals surface area (Å²) in [6.45, 7) is 1.81. The van der Waals surface area contributed by atoms with Crippen LogP contribution in [0.2, 0.25) is 0 Å². The second-order valence-corrected chi connectivity index (χ2v) is 3.27. The van der Waals surface area contributed by atoms with Gasteiger partial charge in [0, 0.05) is 0 Å². The summed E-state index contributed by atoms with van der Waals surface area (Å²) in [5.41, 5.74) is 1.98. The van der Waals surface area contributed by atoms with E-state index in [0.29, 0.717) is 0 Å². The number of hydrogen-bond acceptors (Lipinski definition) is 1. The molecule has 0 heterocycles. The quantitative estimate of drug-likeness (QED) is 0.586. The van der Waals surface area contributed by atoms with Crippen molar-refractivity contribution in [3.05, 3.63) is 47.5 Å². The fourth-order valence-corrected chi connectivity index (χ4v) is 1.06. The van der Waals surface area contributed by atoms with Crippen LogP contribution in [0.4, 0.5) is 0 Å². The lowest BCUT2D eigenvalue weighted by Gasteiger charge is -1.97. The highest BCUT2D eigenvalue weighted by atomic mass is 32.1. The van der Waals surface area contributed by atoms with Gasteiger partial charge in [-0.3, -0.25) is 0 Å². The van der Waals surface area contributed by atoms with E-state index in [2.05, 4.69) is 12.2 Å². The molecule has 0 atom stereocenters. The molecule has 0 spiro atoms. The van der Waals surface area contributed by atoms with E-state index < -0.39 is 0 Å². The van der Waals surface area contributed by atoms with E-state index in [-0.39, 0.29) is 5.05 Å². The van der Waals surface area contributed by atoms with Crippen LogP contribution in [0.15, 0.2) is 42.0 Å². The van der Waals surface area contributed by atoms with Gasteiger partial charge < -0.3 is 5.11 Å². The maximum absolute atomic E-state index is 8.96. The van der Waals surface area contributed by atoms with Gasteiger partial charge in [-0.05, 0) is 36.7 Å². The number of benzene rings is 1. The van der Waals surface area contributed by atoms with Crippen LogP contribution in [-0.4, -0.2) is 10.2 Å². The van der Waals surface area contributed by atoms with Crippen LogP contribution in [0.3, 0.4) is 0 Å². The Kier molecular flexibility index (Phi) is 3.65. The first-order valence-electron chi connectivity index (χ1n) is 4.14. The van der Waals surface area contributed by atoms with Crippen molar-refractivity contribution < 1.29 is 5.11 Å². The van der Waals surface area contributed by atoms with E-state index in [1.54, 1.807) is 0 Å². The highest BCUT2D eigenvalue weighted by Gasteiger charge is 1.94. The monoisotopic (exact) mass is 192 g/mol. The summed E-state index contributed by atoms with van der Waals surface area (Å²) < 4.78 is 0. The van der Waals surface area contributed by atoms with Gasteiger partial charge in [0.1, 0.15) is 0 Å². The second kappa shape index (κ2) is 4.77. The molecule has 2 heteroatoms. The summed E-state index contributed by atoms with van der Waals surface area (Å²) in [6.07, 6.45) is 2.74. The lowest BCUT2D eigenvalue weighted by Crippen LogP contribution is -1.93. The van der Waals surface area contributed by atoms with Gasteiger partial charge in [-0.1, -0.05) is 36.4 Å². The van der Waals surface area contributed by atoms with Gasteiger partial charge in [-0.2, -0.15) is 0 Å². The van der Waals surface area contributed by atoms with Crippen molar-refractivity contribution in [1.29, 1.82) is 0 Å². The molecule has 0 aromatic heterocycles. The summed E-state index contributed by atoms with van der Waals surface area (Å²) in [5.74, 6) is 0. The van der Waals surface area contributed by atoms with Crippen LogP contribution in [0.5, 0.6) is 0 Å². The van der Waals surface area contributed by atoms with Crippen LogP contribution < -0.4 is 0 Å². The van der Waals surface area contributed by atoms with Gasteiger partial charge in [0.05, 0.1) is 0 Å². The summed E-state index contributed by atoms with van der Waals surface area (Å²) in [4.78, 5) is 0. The minimum atomic E-state index is -0.0177. The van der Waals surface area contributed by atoms with Crippen LogP contribution in [-0.2, 0) is 6.42 Å². The molecular weight excluding hydrogens is 180 g/mol. The van der Waals surface area contributed by atoms with Gasteiger partial charge in [-0.15, -0.1) is 0 Å². The molecule has 13 heavy (non-hydrogen) atoms. The largest absolute Gasteiger partial charge is 0.499 e. The Morgan fingerprint density at radius 3 is 2.54 bits per heavy atom. The molecule has 1 aromatic rings. The molecule has 1 nitrogen and oxygen atoms in total. The van der Waals surface area contributed by atoms with Crippen LogP contribution in [0.1, 0.15) is 12.5 Å². The van der Waals surface area contributed by atoms with Crippen molar-refractivity contribution in [3.63, 3.8) is 0 Å². The Morgan fingerprint density at radius 2 is 2.00 bits per heavy atom.